The van der Waals surface area contributed by atoms with E-state index in [9.17, 15) is 8.78 Å². The number of allylic oxidation sites excluding steroid dienone is 3. The molecule has 0 unspecified atom stereocenters. The summed E-state index contributed by atoms with van der Waals surface area (Å²) in [5.41, 5.74) is 7.84. The Hall–Kier alpha value is -1.64. The molecule has 16 heavy (non-hydrogen) atoms. The third-order valence-electron chi connectivity index (χ3n) is 2.33. The van der Waals surface area contributed by atoms with Crippen LogP contribution in [0.1, 0.15) is 25.0 Å². The molecule has 0 fully saturated rings. The van der Waals surface area contributed by atoms with Crippen LogP contribution in [0.4, 0.5) is 8.78 Å². The maximum Gasteiger partial charge on any atom is 0.270 e. The molecule has 0 saturated carbocycles. The molecule has 1 aromatic rings. The Morgan fingerprint density at radius 1 is 1.31 bits per heavy atom. The fourth-order valence-electron chi connectivity index (χ4n) is 1.45. The molecule has 0 bridgehead atoms. The summed E-state index contributed by atoms with van der Waals surface area (Å²) in [5.74, 6) is -2.81. The van der Waals surface area contributed by atoms with Crippen molar-refractivity contribution in [1.29, 1.82) is 0 Å². The second-order valence-corrected chi connectivity index (χ2v) is 3.77. The molecule has 0 heterocycles. The minimum Gasteiger partial charge on any atom is -0.402 e. The smallest absolute Gasteiger partial charge is 0.270 e. The first-order valence-corrected chi connectivity index (χ1v) is 4.93. The van der Waals surface area contributed by atoms with Gasteiger partial charge in [-0.2, -0.15) is 0 Å². The molecule has 1 aromatic carbocycles. The molecule has 3 heteroatoms. The van der Waals surface area contributed by atoms with Crippen LogP contribution in [0.15, 0.2) is 42.6 Å². The van der Waals surface area contributed by atoms with Crippen LogP contribution < -0.4 is 5.73 Å². The van der Waals surface area contributed by atoms with Crippen molar-refractivity contribution in [3.05, 3.63) is 53.7 Å². The first kappa shape index (κ1) is 12.4. The van der Waals surface area contributed by atoms with E-state index in [0.717, 1.165) is 18.1 Å². The van der Waals surface area contributed by atoms with Crippen LogP contribution in [0, 0.1) is 0 Å². The lowest BCUT2D eigenvalue weighted by atomic mass is 10.0. The van der Waals surface area contributed by atoms with Gasteiger partial charge in [-0.3, -0.25) is 0 Å². The van der Waals surface area contributed by atoms with E-state index in [1.807, 2.05) is 0 Å². The average Bonchev–Trinajstić information content (AvgIpc) is 2.17. The van der Waals surface area contributed by atoms with E-state index in [1.54, 1.807) is 25.1 Å². The highest BCUT2D eigenvalue weighted by Gasteiger charge is 2.23. The largest absolute Gasteiger partial charge is 0.402 e. The topological polar surface area (TPSA) is 26.0 Å². The van der Waals surface area contributed by atoms with Crippen molar-refractivity contribution >= 4 is 5.57 Å². The molecule has 1 rings (SSSR count). The van der Waals surface area contributed by atoms with E-state index in [-0.39, 0.29) is 5.56 Å². The van der Waals surface area contributed by atoms with Crippen molar-refractivity contribution in [2.24, 2.45) is 5.73 Å². The van der Waals surface area contributed by atoms with E-state index < -0.39 is 5.92 Å². The summed E-state index contributed by atoms with van der Waals surface area (Å²) in [6.07, 6.45) is 1.62. The zero-order valence-corrected chi connectivity index (χ0v) is 9.43. The van der Waals surface area contributed by atoms with E-state index >= 15 is 0 Å². The van der Waals surface area contributed by atoms with Crippen molar-refractivity contribution in [1.82, 2.24) is 0 Å². The lowest BCUT2D eigenvalue weighted by Gasteiger charge is -2.11. The van der Waals surface area contributed by atoms with Crippen molar-refractivity contribution in [3.63, 3.8) is 0 Å². The summed E-state index contributed by atoms with van der Waals surface area (Å²) in [7, 11) is 0. The van der Waals surface area contributed by atoms with Crippen molar-refractivity contribution < 1.29 is 8.78 Å². The lowest BCUT2D eigenvalue weighted by Crippen LogP contribution is -2.06. The van der Waals surface area contributed by atoms with Gasteiger partial charge in [-0.05, 0) is 18.1 Å². The standard InChI is InChI=1S/C13H15F2N/c1-4-12(9(2)16)10-5-7-11(8-6-10)13(3,14)15/h4-8H,1,16H2,2-3H3/b12-9-. The van der Waals surface area contributed by atoms with Gasteiger partial charge in [-0.25, -0.2) is 8.78 Å². The van der Waals surface area contributed by atoms with Gasteiger partial charge in [0.2, 0.25) is 0 Å². The Balaban J connectivity index is 3.14. The number of nitrogens with two attached hydrogens (primary N) is 1. The summed E-state index contributed by atoms with van der Waals surface area (Å²) in [4.78, 5) is 0. The highest BCUT2D eigenvalue weighted by Crippen LogP contribution is 2.28. The first-order valence-electron chi connectivity index (χ1n) is 4.93. The van der Waals surface area contributed by atoms with Gasteiger partial charge in [-0.15, -0.1) is 0 Å². The van der Waals surface area contributed by atoms with Crippen LogP contribution in [0.2, 0.25) is 0 Å². The van der Waals surface area contributed by atoms with Gasteiger partial charge in [0.15, 0.2) is 0 Å². The number of benzene rings is 1. The molecule has 0 aliphatic heterocycles. The lowest BCUT2D eigenvalue weighted by molar-refractivity contribution is 0.0175. The minimum atomic E-state index is -2.81. The third-order valence-corrected chi connectivity index (χ3v) is 2.33. The molecule has 0 aromatic heterocycles. The van der Waals surface area contributed by atoms with Crippen molar-refractivity contribution in [2.75, 3.05) is 0 Å². The van der Waals surface area contributed by atoms with Crippen LogP contribution in [0.3, 0.4) is 0 Å². The SMILES string of the molecule is C=C/C(=C(\C)N)c1ccc(C(C)(F)F)cc1. The number of rotatable bonds is 3. The quantitative estimate of drug-likeness (QED) is 0.777. The van der Waals surface area contributed by atoms with E-state index in [0.29, 0.717) is 5.70 Å². The number of halogens is 2. The predicted molar refractivity (Wildman–Crippen MR) is 63.0 cm³/mol. The van der Waals surface area contributed by atoms with Crippen LogP contribution in [0.5, 0.6) is 0 Å². The van der Waals surface area contributed by atoms with Gasteiger partial charge in [-0.1, -0.05) is 36.9 Å². The Kier molecular flexibility index (Phi) is 3.48. The van der Waals surface area contributed by atoms with Crippen LogP contribution in [0.25, 0.3) is 5.57 Å². The van der Waals surface area contributed by atoms with E-state index in [1.165, 1.54) is 12.1 Å². The van der Waals surface area contributed by atoms with Gasteiger partial charge < -0.3 is 5.73 Å². The summed E-state index contributed by atoms with van der Waals surface area (Å²) in [6, 6.07) is 6.06. The van der Waals surface area contributed by atoms with Gasteiger partial charge in [0.1, 0.15) is 0 Å². The second kappa shape index (κ2) is 4.47. The maximum atomic E-state index is 13.0. The molecule has 0 amide bonds. The molecule has 0 saturated heterocycles. The zero-order chi connectivity index (χ0) is 12.3. The molecule has 2 N–H and O–H groups in total. The Morgan fingerprint density at radius 2 is 1.81 bits per heavy atom. The second-order valence-electron chi connectivity index (χ2n) is 3.77. The first-order chi connectivity index (χ1) is 7.36. The fourth-order valence-corrected chi connectivity index (χ4v) is 1.45. The summed E-state index contributed by atoms with van der Waals surface area (Å²) in [6.45, 7) is 6.27. The minimum absolute atomic E-state index is 0.00524. The molecular formula is C13H15F2N. The number of hydrogen-bond donors (Lipinski definition) is 1. The molecule has 0 aliphatic carbocycles. The molecule has 0 aliphatic rings. The predicted octanol–water partition coefficient (Wildman–Crippen LogP) is 3.67. The van der Waals surface area contributed by atoms with Crippen LogP contribution in [-0.2, 0) is 5.92 Å². The molecular weight excluding hydrogens is 208 g/mol. The van der Waals surface area contributed by atoms with Gasteiger partial charge >= 0.3 is 0 Å². The number of hydrogen-bond acceptors (Lipinski definition) is 1. The highest BCUT2D eigenvalue weighted by atomic mass is 19.3. The molecule has 0 atom stereocenters. The average molecular weight is 223 g/mol. The number of alkyl halides is 2. The third kappa shape index (κ3) is 2.69. The summed E-state index contributed by atoms with van der Waals surface area (Å²) in [5, 5.41) is 0. The molecule has 0 radical (unpaired) electrons. The van der Waals surface area contributed by atoms with Gasteiger partial charge in [0.25, 0.3) is 5.92 Å². The molecule has 86 valence electrons. The Bertz CT molecular complexity index is 407. The van der Waals surface area contributed by atoms with Crippen LogP contribution >= 0.6 is 0 Å². The molecule has 1 nitrogen and oxygen atoms in total. The fraction of sp³-hybridized carbons (Fsp3) is 0.231. The summed E-state index contributed by atoms with van der Waals surface area (Å²) < 4.78 is 25.9. The molecule has 0 spiro atoms. The van der Waals surface area contributed by atoms with Crippen LogP contribution in [-0.4, -0.2) is 0 Å². The van der Waals surface area contributed by atoms with Crippen molar-refractivity contribution in [3.8, 4) is 0 Å². The van der Waals surface area contributed by atoms with Gasteiger partial charge in [0.05, 0.1) is 0 Å². The maximum absolute atomic E-state index is 13.0. The Morgan fingerprint density at radius 3 is 2.12 bits per heavy atom. The highest BCUT2D eigenvalue weighted by molar-refractivity contribution is 5.75. The normalized spacial score (nSPS) is 13.2. The summed E-state index contributed by atoms with van der Waals surface area (Å²) >= 11 is 0. The zero-order valence-electron chi connectivity index (χ0n) is 9.43. The monoisotopic (exact) mass is 223 g/mol. The Labute approximate surface area is 94.3 Å². The van der Waals surface area contributed by atoms with E-state index in [2.05, 4.69) is 6.58 Å². The van der Waals surface area contributed by atoms with Crippen molar-refractivity contribution in [2.45, 2.75) is 19.8 Å². The van der Waals surface area contributed by atoms with E-state index in [4.69, 9.17) is 5.73 Å². The van der Waals surface area contributed by atoms with Gasteiger partial charge in [0, 0.05) is 18.2 Å².